The summed E-state index contributed by atoms with van der Waals surface area (Å²) in [6, 6.07) is 17.3. The Bertz CT molecular complexity index is 1580. The number of aromatic nitrogens is 2. The van der Waals surface area contributed by atoms with Crippen molar-refractivity contribution in [3.63, 3.8) is 0 Å². The average Bonchev–Trinajstić information content (AvgIpc) is 3.50. The molecule has 0 spiro atoms. The summed E-state index contributed by atoms with van der Waals surface area (Å²) in [4.78, 5) is 6.58. The zero-order chi connectivity index (χ0) is 29.8. The van der Waals surface area contributed by atoms with E-state index in [1.165, 1.54) is 11.1 Å². The van der Waals surface area contributed by atoms with E-state index in [-0.39, 0.29) is 6.10 Å². The minimum absolute atomic E-state index is 0.251. The van der Waals surface area contributed by atoms with Crippen molar-refractivity contribution < 1.29 is 14.2 Å². The lowest BCUT2D eigenvalue weighted by Crippen LogP contribution is -2.47. The van der Waals surface area contributed by atoms with Crippen LogP contribution in [0.2, 0.25) is 20.1 Å². The molecule has 0 aliphatic carbocycles. The van der Waals surface area contributed by atoms with Crippen LogP contribution in [0.4, 0.5) is 0 Å². The van der Waals surface area contributed by atoms with E-state index in [0.29, 0.717) is 52.6 Å². The summed E-state index contributed by atoms with van der Waals surface area (Å²) < 4.78 is 21.1. The number of hydrogen-bond acceptors (Lipinski definition) is 5. The first-order valence-corrected chi connectivity index (χ1v) is 15.7. The van der Waals surface area contributed by atoms with Crippen molar-refractivity contribution in [2.24, 2.45) is 0 Å². The van der Waals surface area contributed by atoms with Crippen LogP contribution in [0, 0.1) is 0 Å². The van der Waals surface area contributed by atoms with Gasteiger partial charge in [0.05, 0.1) is 35.6 Å². The molecule has 43 heavy (non-hydrogen) atoms. The van der Waals surface area contributed by atoms with E-state index >= 15 is 0 Å². The summed E-state index contributed by atoms with van der Waals surface area (Å²) in [5.74, 6) is -0.462. The van der Waals surface area contributed by atoms with Crippen LogP contribution < -0.4 is 4.74 Å². The van der Waals surface area contributed by atoms with Crippen LogP contribution in [0.5, 0.6) is 5.75 Å². The van der Waals surface area contributed by atoms with Gasteiger partial charge in [0.15, 0.2) is 0 Å². The Hall–Kier alpha value is -2.55. The van der Waals surface area contributed by atoms with Crippen molar-refractivity contribution in [1.29, 1.82) is 0 Å². The Balaban J connectivity index is 1.11. The summed E-state index contributed by atoms with van der Waals surface area (Å²) >= 11 is 25.6. The highest BCUT2D eigenvalue weighted by Crippen LogP contribution is 2.40. The molecule has 0 unspecified atom stereocenters. The predicted molar refractivity (Wildman–Crippen MR) is 172 cm³/mol. The maximum Gasteiger partial charge on any atom is 0.215 e. The quantitative estimate of drug-likeness (QED) is 0.181. The van der Waals surface area contributed by atoms with E-state index in [0.717, 1.165) is 36.6 Å². The number of nitrogens with zero attached hydrogens (tertiary/aromatic N) is 3. The number of benzene rings is 3. The fourth-order valence-corrected chi connectivity index (χ4v) is 6.46. The van der Waals surface area contributed by atoms with Crippen LogP contribution in [0.25, 0.3) is 6.08 Å². The first-order chi connectivity index (χ1) is 20.9. The van der Waals surface area contributed by atoms with E-state index in [2.05, 4.69) is 28.1 Å². The molecule has 0 radical (unpaired) electrons. The molecule has 6 nitrogen and oxygen atoms in total. The minimum Gasteiger partial charge on any atom is -0.489 e. The van der Waals surface area contributed by atoms with Crippen LogP contribution in [0.1, 0.15) is 28.7 Å². The second kappa shape index (κ2) is 13.6. The molecule has 6 rings (SSSR count). The zero-order valence-electron chi connectivity index (χ0n) is 23.4. The molecule has 224 valence electrons. The monoisotopic (exact) mass is 657 g/mol. The lowest BCUT2D eigenvalue weighted by molar-refractivity contribution is -0.312. The lowest BCUT2D eigenvalue weighted by Gasteiger charge is -2.41. The number of hydrogen-bond donors (Lipinski definition) is 0. The van der Waals surface area contributed by atoms with Crippen molar-refractivity contribution in [1.82, 2.24) is 14.5 Å². The van der Waals surface area contributed by atoms with Gasteiger partial charge in [0, 0.05) is 54.1 Å². The maximum atomic E-state index is 6.73. The van der Waals surface area contributed by atoms with Crippen LogP contribution in [-0.4, -0.2) is 46.9 Å². The second-order valence-electron chi connectivity index (χ2n) is 10.8. The van der Waals surface area contributed by atoms with Gasteiger partial charge >= 0.3 is 0 Å². The van der Waals surface area contributed by atoms with Gasteiger partial charge in [-0.3, -0.25) is 4.90 Å². The third kappa shape index (κ3) is 7.40. The van der Waals surface area contributed by atoms with E-state index in [1.54, 1.807) is 24.7 Å². The highest BCUT2D eigenvalue weighted by molar-refractivity contribution is 6.35. The van der Waals surface area contributed by atoms with Gasteiger partial charge in [-0.25, -0.2) is 4.98 Å². The molecule has 2 aliphatic rings. The third-order valence-electron chi connectivity index (χ3n) is 7.74. The summed E-state index contributed by atoms with van der Waals surface area (Å²) in [7, 11) is 0. The molecule has 3 heterocycles. The smallest absolute Gasteiger partial charge is 0.215 e. The molecular weight excluding hydrogens is 628 g/mol. The van der Waals surface area contributed by atoms with Gasteiger partial charge in [-0.05, 0) is 59.5 Å². The number of imidazole rings is 1. The molecule has 0 bridgehead atoms. The third-order valence-corrected chi connectivity index (χ3v) is 8.83. The van der Waals surface area contributed by atoms with E-state index in [4.69, 9.17) is 60.6 Å². The average molecular weight is 659 g/mol. The van der Waals surface area contributed by atoms with Gasteiger partial charge in [-0.2, -0.15) is 0 Å². The predicted octanol–water partition coefficient (Wildman–Crippen LogP) is 8.31. The van der Waals surface area contributed by atoms with Crippen molar-refractivity contribution >= 4 is 52.5 Å². The van der Waals surface area contributed by atoms with Gasteiger partial charge in [-0.1, -0.05) is 76.8 Å². The van der Waals surface area contributed by atoms with Crippen LogP contribution in [-0.2, 0) is 34.8 Å². The molecule has 0 saturated carbocycles. The first kappa shape index (κ1) is 30.5. The normalized spacial score (nSPS) is 20.8. The molecule has 10 heteroatoms. The minimum atomic E-state index is -1.13. The van der Waals surface area contributed by atoms with Crippen molar-refractivity contribution in [3.05, 3.63) is 122 Å². The van der Waals surface area contributed by atoms with Crippen molar-refractivity contribution in [3.8, 4) is 5.75 Å². The second-order valence-corrected chi connectivity index (χ2v) is 12.5. The highest BCUT2D eigenvalue weighted by Gasteiger charge is 2.42. The van der Waals surface area contributed by atoms with Gasteiger partial charge in [-0.15, -0.1) is 0 Å². The topological polar surface area (TPSA) is 48.8 Å². The Morgan fingerprint density at radius 2 is 1.81 bits per heavy atom. The summed E-state index contributed by atoms with van der Waals surface area (Å²) in [5.41, 5.74) is 4.32. The molecule has 1 aromatic heterocycles. The molecule has 0 amide bonds. The number of fused-ring (bicyclic) bond motifs is 1. The summed E-state index contributed by atoms with van der Waals surface area (Å²) in [5, 5.41) is 2.35. The molecule has 1 saturated heterocycles. The van der Waals surface area contributed by atoms with Crippen LogP contribution in [0.15, 0.2) is 79.4 Å². The van der Waals surface area contributed by atoms with Gasteiger partial charge in [0.25, 0.3) is 0 Å². The number of rotatable bonds is 9. The van der Waals surface area contributed by atoms with E-state index < -0.39 is 5.79 Å². The summed E-state index contributed by atoms with van der Waals surface area (Å²) in [6.07, 6.45) is 11.0. The largest absolute Gasteiger partial charge is 0.489 e. The van der Waals surface area contributed by atoms with Gasteiger partial charge in [0.1, 0.15) is 12.4 Å². The van der Waals surface area contributed by atoms with Gasteiger partial charge < -0.3 is 18.8 Å². The van der Waals surface area contributed by atoms with E-state index in [1.807, 2.05) is 47.2 Å². The number of halogens is 4. The van der Waals surface area contributed by atoms with Crippen molar-refractivity contribution in [2.75, 3.05) is 26.3 Å². The molecule has 0 N–H and O–H groups in total. The maximum absolute atomic E-state index is 6.73. The summed E-state index contributed by atoms with van der Waals surface area (Å²) in [6.45, 7) is 3.82. The molecule has 2 atom stereocenters. The lowest BCUT2D eigenvalue weighted by atomic mass is 9.99. The zero-order valence-corrected chi connectivity index (χ0v) is 26.4. The molecule has 2 aliphatic heterocycles. The Morgan fingerprint density at radius 1 is 0.977 bits per heavy atom. The Morgan fingerprint density at radius 3 is 2.60 bits per heavy atom. The number of ether oxygens (including phenoxy) is 3. The highest BCUT2D eigenvalue weighted by atomic mass is 35.5. The SMILES string of the molecule is Clc1ccc(/C=C/CN2CCc3cc(OC[C@@H]4CCO[C@@](Cn5ccnc5)(c5ccc(Cl)cc5Cl)O4)c(Cl)cc3C2)cc1. The first-order valence-electron chi connectivity index (χ1n) is 14.2. The standard InChI is InChI=1S/C33H31Cl4N3O3/c34-26-5-3-23(4-6-26)2-1-12-39-13-9-24-17-32(31(37)16-25(24)19-39)41-20-28-10-15-42-33(43-28,21-40-14-11-38-22-40)29-8-7-27(35)18-30(29)36/h1-8,11,14,16-18,22,28H,9-10,12-13,15,19-21H2/b2-1+/t28-,33+/m0/s1. The fraction of sp³-hybridized carbons (Fsp3) is 0.303. The fourth-order valence-electron chi connectivity index (χ4n) is 5.54. The molecule has 1 fully saturated rings. The Kier molecular flexibility index (Phi) is 9.65. The van der Waals surface area contributed by atoms with E-state index in [9.17, 15) is 0 Å². The van der Waals surface area contributed by atoms with Gasteiger partial charge in [0.2, 0.25) is 5.79 Å². The molecule has 3 aromatic carbocycles. The molecule has 4 aromatic rings. The van der Waals surface area contributed by atoms with Crippen LogP contribution in [0.3, 0.4) is 0 Å². The Labute approximate surface area is 271 Å². The molecular formula is C33H31Cl4N3O3. The van der Waals surface area contributed by atoms with Crippen molar-refractivity contribution in [2.45, 2.75) is 37.8 Å². The van der Waals surface area contributed by atoms with Crippen LogP contribution >= 0.6 is 46.4 Å².